The number of carbonyl (C=O) groups excluding carboxylic acids is 1. The second-order valence-corrected chi connectivity index (χ2v) is 7.73. The van der Waals surface area contributed by atoms with Crippen molar-refractivity contribution in [3.05, 3.63) is 65.9 Å². The summed E-state index contributed by atoms with van der Waals surface area (Å²) in [7, 11) is 4.08. The normalized spacial score (nSPS) is 12.3. The molecule has 0 aliphatic heterocycles. The van der Waals surface area contributed by atoms with Crippen LogP contribution < -0.4 is 10.2 Å². The van der Waals surface area contributed by atoms with E-state index in [0.29, 0.717) is 18.9 Å². The Hall–Kier alpha value is -2.75. The van der Waals surface area contributed by atoms with Gasteiger partial charge in [-0.2, -0.15) is 0 Å². The van der Waals surface area contributed by atoms with Crippen LogP contribution in [0.4, 0.5) is 5.69 Å². The highest BCUT2D eigenvalue weighted by Crippen LogP contribution is 2.31. The van der Waals surface area contributed by atoms with Crippen LogP contribution in [-0.2, 0) is 4.79 Å². The standard InChI is InChI=1S/C23H29N3O/c1-16(2)13-23(27)25-14-20(17-9-11-18(12-10-17)26(3)4)21-15-24-22-8-6-5-7-19(21)22/h5-12,15-16,20,24H,13-14H2,1-4H3,(H,25,27)/t20-/m0/s1. The zero-order valence-corrected chi connectivity index (χ0v) is 16.6. The third kappa shape index (κ3) is 4.51. The molecule has 0 saturated heterocycles. The molecule has 0 bridgehead atoms. The monoisotopic (exact) mass is 363 g/mol. The number of carbonyl (C=O) groups is 1. The average molecular weight is 364 g/mol. The molecule has 1 atom stereocenters. The first kappa shape index (κ1) is 19.0. The van der Waals surface area contributed by atoms with Gasteiger partial charge in [-0.3, -0.25) is 4.79 Å². The van der Waals surface area contributed by atoms with Crippen molar-refractivity contribution < 1.29 is 4.79 Å². The number of amides is 1. The van der Waals surface area contributed by atoms with E-state index < -0.39 is 0 Å². The molecule has 3 rings (SSSR count). The molecule has 1 amide bonds. The van der Waals surface area contributed by atoms with Crippen molar-refractivity contribution >= 4 is 22.5 Å². The molecule has 142 valence electrons. The molecule has 1 heterocycles. The summed E-state index contributed by atoms with van der Waals surface area (Å²) in [6, 6.07) is 16.9. The minimum atomic E-state index is 0.105. The molecule has 1 aromatic heterocycles. The predicted octanol–water partition coefficient (Wildman–Crippen LogP) is 4.53. The lowest BCUT2D eigenvalue weighted by Crippen LogP contribution is -2.29. The van der Waals surface area contributed by atoms with E-state index in [0.717, 1.165) is 5.52 Å². The Bertz CT molecular complexity index is 893. The molecule has 0 spiro atoms. The summed E-state index contributed by atoms with van der Waals surface area (Å²) in [5, 5.41) is 4.35. The van der Waals surface area contributed by atoms with Gasteiger partial charge in [-0.25, -0.2) is 0 Å². The van der Waals surface area contributed by atoms with E-state index in [9.17, 15) is 4.79 Å². The third-order valence-corrected chi connectivity index (χ3v) is 4.91. The molecule has 27 heavy (non-hydrogen) atoms. The molecule has 0 unspecified atom stereocenters. The number of para-hydroxylation sites is 1. The van der Waals surface area contributed by atoms with Crippen molar-refractivity contribution in [2.24, 2.45) is 5.92 Å². The number of nitrogens with one attached hydrogen (secondary N) is 2. The molecule has 3 aromatic rings. The fourth-order valence-corrected chi connectivity index (χ4v) is 3.45. The Kier molecular flexibility index (Phi) is 5.84. The van der Waals surface area contributed by atoms with Crippen LogP contribution in [0.2, 0.25) is 0 Å². The zero-order chi connectivity index (χ0) is 19.4. The van der Waals surface area contributed by atoms with E-state index in [4.69, 9.17) is 0 Å². The minimum Gasteiger partial charge on any atom is -0.378 e. The number of nitrogens with zero attached hydrogens (tertiary/aromatic N) is 1. The fraction of sp³-hybridized carbons (Fsp3) is 0.348. The average Bonchev–Trinajstić information content (AvgIpc) is 3.06. The lowest BCUT2D eigenvalue weighted by atomic mass is 9.90. The van der Waals surface area contributed by atoms with Gasteiger partial charge in [-0.05, 0) is 35.2 Å². The van der Waals surface area contributed by atoms with Gasteiger partial charge in [0.05, 0.1) is 0 Å². The zero-order valence-electron chi connectivity index (χ0n) is 16.6. The van der Waals surface area contributed by atoms with Crippen molar-refractivity contribution in [2.75, 3.05) is 25.5 Å². The maximum atomic E-state index is 12.2. The number of fused-ring (bicyclic) bond motifs is 1. The SMILES string of the molecule is CC(C)CC(=O)NC[C@@H](c1ccc(N(C)C)cc1)c1c[nH]c2ccccc12. The molecule has 4 nitrogen and oxygen atoms in total. The van der Waals surface area contributed by atoms with Crippen molar-refractivity contribution in [2.45, 2.75) is 26.2 Å². The summed E-state index contributed by atoms with van der Waals surface area (Å²) in [5.41, 5.74) is 4.71. The smallest absolute Gasteiger partial charge is 0.220 e. The molecule has 0 radical (unpaired) electrons. The first-order valence-electron chi connectivity index (χ1n) is 9.55. The number of hydrogen-bond donors (Lipinski definition) is 2. The predicted molar refractivity (Wildman–Crippen MR) is 113 cm³/mol. The Morgan fingerprint density at radius 1 is 1.07 bits per heavy atom. The molecule has 0 saturated carbocycles. The summed E-state index contributed by atoms with van der Waals surface area (Å²) in [6.07, 6.45) is 2.63. The number of H-pyrrole nitrogens is 1. The first-order chi connectivity index (χ1) is 13.0. The molecule has 0 aliphatic carbocycles. The fourth-order valence-electron chi connectivity index (χ4n) is 3.45. The van der Waals surface area contributed by atoms with Crippen LogP contribution >= 0.6 is 0 Å². The number of hydrogen-bond acceptors (Lipinski definition) is 2. The van der Waals surface area contributed by atoms with Crippen molar-refractivity contribution in [3.63, 3.8) is 0 Å². The Morgan fingerprint density at radius 2 is 1.78 bits per heavy atom. The highest BCUT2D eigenvalue weighted by molar-refractivity contribution is 5.84. The van der Waals surface area contributed by atoms with Crippen molar-refractivity contribution in [3.8, 4) is 0 Å². The van der Waals surface area contributed by atoms with Crippen LogP contribution in [0.3, 0.4) is 0 Å². The van der Waals surface area contributed by atoms with E-state index in [1.165, 1.54) is 22.2 Å². The summed E-state index contributed by atoms with van der Waals surface area (Å²) in [4.78, 5) is 17.7. The Labute approximate surface area is 161 Å². The molecular weight excluding hydrogens is 334 g/mol. The van der Waals surface area contributed by atoms with Crippen LogP contribution in [0.25, 0.3) is 10.9 Å². The van der Waals surface area contributed by atoms with Gasteiger partial charge in [0.1, 0.15) is 0 Å². The van der Waals surface area contributed by atoms with Crippen LogP contribution in [0.5, 0.6) is 0 Å². The Balaban J connectivity index is 1.92. The van der Waals surface area contributed by atoms with Gasteiger partial charge in [0.2, 0.25) is 5.91 Å². The number of anilines is 1. The summed E-state index contributed by atoms with van der Waals surface area (Å²) in [5.74, 6) is 0.573. The third-order valence-electron chi connectivity index (χ3n) is 4.91. The van der Waals surface area contributed by atoms with Crippen LogP contribution in [0.15, 0.2) is 54.7 Å². The van der Waals surface area contributed by atoms with E-state index in [2.05, 4.69) is 77.7 Å². The van der Waals surface area contributed by atoms with Gasteiger partial charge >= 0.3 is 0 Å². The first-order valence-corrected chi connectivity index (χ1v) is 9.55. The van der Waals surface area contributed by atoms with Gasteiger partial charge in [0.25, 0.3) is 0 Å². The van der Waals surface area contributed by atoms with E-state index >= 15 is 0 Å². The van der Waals surface area contributed by atoms with Gasteiger partial charge in [-0.1, -0.05) is 44.2 Å². The van der Waals surface area contributed by atoms with Gasteiger partial charge in [0, 0.05) is 55.8 Å². The molecule has 4 heteroatoms. The van der Waals surface area contributed by atoms with E-state index in [1.807, 2.05) is 20.2 Å². The number of benzene rings is 2. The highest BCUT2D eigenvalue weighted by atomic mass is 16.1. The van der Waals surface area contributed by atoms with E-state index in [1.54, 1.807) is 0 Å². The maximum Gasteiger partial charge on any atom is 0.220 e. The number of aromatic amines is 1. The van der Waals surface area contributed by atoms with Crippen molar-refractivity contribution in [1.82, 2.24) is 10.3 Å². The summed E-state index contributed by atoms with van der Waals surface area (Å²) < 4.78 is 0. The highest BCUT2D eigenvalue weighted by Gasteiger charge is 2.19. The van der Waals surface area contributed by atoms with Crippen LogP contribution in [0.1, 0.15) is 37.3 Å². The Morgan fingerprint density at radius 3 is 2.44 bits per heavy atom. The van der Waals surface area contributed by atoms with Crippen molar-refractivity contribution in [1.29, 1.82) is 0 Å². The topological polar surface area (TPSA) is 48.1 Å². The minimum absolute atomic E-state index is 0.105. The largest absolute Gasteiger partial charge is 0.378 e. The second kappa shape index (κ2) is 8.30. The van der Waals surface area contributed by atoms with E-state index in [-0.39, 0.29) is 11.8 Å². The summed E-state index contributed by atoms with van der Waals surface area (Å²) in [6.45, 7) is 4.72. The lowest BCUT2D eigenvalue weighted by molar-refractivity contribution is -0.121. The van der Waals surface area contributed by atoms with Gasteiger partial charge in [-0.15, -0.1) is 0 Å². The van der Waals surface area contributed by atoms with Gasteiger partial charge in [0.15, 0.2) is 0 Å². The second-order valence-electron chi connectivity index (χ2n) is 7.73. The molecule has 2 aromatic carbocycles. The lowest BCUT2D eigenvalue weighted by Gasteiger charge is -2.20. The number of rotatable bonds is 7. The maximum absolute atomic E-state index is 12.2. The molecule has 0 fully saturated rings. The molecular formula is C23H29N3O. The molecule has 2 N–H and O–H groups in total. The quantitative estimate of drug-likeness (QED) is 0.648. The summed E-state index contributed by atoms with van der Waals surface area (Å²) >= 11 is 0. The van der Waals surface area contributed by atoms with Crippen LogP contribution in [0, 0.1) is 5.92 Å². The molecule has 0 aliphatic rings. The number of aromatic nitrogens is 1. The van der Waals surface area contributed by atoms with Gasteiger partial charge < -0.3 is 15.2 Å². The van der Waals surface area contributed by atoms with Crippen LogP contribution in [-0.4, -0.2) is 31.5 Å².